The molecule has 0 radical (unpaired) electrons. The Hall–Kier alpha value is -3.13. The number of amides is 1. The van der Waals surface area contributed by atoms with Gasteiger partial charge in [-0.15, -0.1) is 0 Å². The van der Waals surface area contributed by atoms with Crippen LogP contribution in [0.25, 0.3) is 11.1 Å². The minimum atomic E-state index is 0.0150. The largest absolute Gasteiger partial charge is 0.423 e. The highest BCUT2D eigenvalue weighted by Crippen LogP contribution is 2.26. The van der Waals surface area contributed by atoms with Crippen molar-refractivity contribution in [3.05, 3.63) is 48.2 Å². The first-order chi connectivity index (χ1) is 15.3. The van der Waals surface area contributed by atoms with Gasteiger partial charge in [0.25, 0.3) is 6.01 Å². The minimum Gasteiger partial charge on any atom is -0.423 e. The van der Waals surface area contributed by atoms with Crippen LogP contribution in [0.5, 0.6) is 0 Å². The number of piperidine rings is 1. The summed E-state index contributed by atoms with van der Waals surface area (Å²) >= 11 is 0. The molecule has 2 aliphatic rings. The number of rotatable bonds is 5. The Morgan fingerprint density at radius 2 is 1.87 bits per heavy atom. The third kappa shape index (κ3) is 4.49. The molecule has 0 bridgehead atoms. The van der Waals surface area contributed by atoms with E-state index in [4.69, 9.17) is 9.15 Å². The van der Waals surface area contributed by atoms with Crippen molar-refractivity contribution in [3.8, 4) is 0 Å². The maximum absolute atomic E-state index is 12.7. The third-order valence-electron chi connectivity index (χ3n) is 6.03. The molecule has 5 rings (SSSR count). The van der Waals surface area contributed by atoms with Crippen LogP contribution >= 0.6 is 0 Å². The van der Waals surface area contributed by atoms with Crippen molar-refractivity contribution in [2.24, 2.45) is 5.92 Å². The molecule has 0 spiro atoms. The van der Waals surface area contributed by atoms with Crippen LogP contribution in [0.3, 0.4) is 0 Å². The molecule has 1 N–H and O–H groups in total. The third-order valence-corrected chi connectivity index (χ3v) is 6.03. The molecule has 1 amide bonds. The van der Waals surface area contributed by atoms with Crippen molar-refractivity contribution in [2.45, 2.75) is 19.4 Å². The zero-order valence-electron chi connectivity index (χ0n) is 17.5. The number of oxazole rings is 1. The molecule has 0 saturated carbocycles. The molecule has 162 valence electrons. The molecule has 0 unspecified atom stereocenters. The van der Waals surface area contributed by atoms with Crippen LogP contribution < -0.4 is 15.1 Å². The SMILES string of the molecule is O=C(NCc1ccnc(N2CCOCC2)c1)C1CCN(c2nc3ccccc3o2)CC1. The number of pyridine rings is 1. The summed E-state index contributed by atoms with van der Waals surface area (Å²) in [7, 11) is 0. The molecule has 4 heterocycles. The van der Waals surface area contributed by atoms with Crippen molar-refractivity contribution in [2.75, 3.05) is 49.2 Å². The van der Waals surface area contributed by atoms with Crippen LogP contribution in [0, 0.1) is 5.92 Å². The van der Waals surface area contributed by atoms with Gasteiger partial charge in [-0.1, -0.05) is 12.1 Å². The number of carbonyl (C=O) groups is 1. The second-order valence-electron chi connectivity index (χ2n) is 8.06. The van der Waals surface area contributed by atoms with Gasteiger partial charge in [-0.3, -0.25) is 4.79 Å². The van der Waals surface area contributed by atoms with E-state index in [-0.39, 0.29) is 11.8 Å². The molecule has 2 saturated heterocycles. The molecule has 2 aromatic heterocycles. The number of ether oxygens (including phenoxy) is 1. The molecule has 3 aromatic rings. The van der Waals surface area contributed by atoms with Gasteiger partial charge in [0.05, 0.1) is 13.2 Å². The molecule has 8 nitrogen and oxygen atoms in total. The first-order valence-electron chi connectivity index (χ1n) is 10.9. The fourth-order valence-corrected chi connectivity index (χ4v) is 4.20. The lowest BCUT2D eigenvalue weighted by Crippen LogP contribution is -2.40. The number of fused-ring (bicyclic) bond motifs is 1. The fraction of sp³-hybridized carbons (Fsp3) is 0.435. The van der Waals surface area contributed by atoms with E-state index in [0.717, 1.165) is 74.7 Å². The number of benzene rings is 1. The maximum atomic E-state index is 12.7. The predicted molar refractivity (Wildman–Crippen MR) is 118 cm³/mol. The zero-order valence-corrected chi connectivity index (χ0v) is 17.5. The highest BCUT2D eigenvalue weighted by Gasteiger charge is 2.27. The zero-order chi connectivity index (χ0) is 21.0. The number of carbonyl (C=O) groups excluding carboxylic acids is 1. The van der Waals surface area contributed by atoms with Crippen LogP contribution in [0.4, 0.5) is 11.8 Å². The standard InChI is InChI=1S/C23H27N5O3/c29-22(25-16-17-5-8-24-21(15-17)27-11-13-30-14-12-27)18-6-9-28(10-7-18)23-26-19-3-1-2-4-20(19)31-23/h1-5,8,15,18H,6-7,9-14,16H2,(H,25,29). The molecule has 1 aromatic carbocycles. The van der Waals surface area contributed by atoms with Gasteiger partial charge in [0.2, 0.25) is 5.91 Å². The number of para-hydroxylation sites is 2. The number of nitrogens with one attached hydrogen (secondary N) is 1. The quantitative estimate of drug-likeness (QED) is 0.678. The predicted octanol–water partition coefficient (Wildman–Crippen LogP) is 2.59. The van der Waals surface area contributed by atoms with E-state index < -0.39 is 0 Å². The summed E-state index contributed by atoms with van der Waals surface area (Å²) in [6.07, 6.45) is 3.39. The molecular weight excluding hydrogens is 394 g/mol. The van der Waals surface area contributed by atoms with Crippen molar-refractivity contribution in [3.63, 3.8) is 0 Å². The summed E-state index contributed by atoms with van der Waals surface area (Å²) in [4.78, 5) is 26.1. The maximum Gasteiger partial charge on any atom is 0.298 e. The van der Waals surface area contributed by atoms with Gasteiger partial charge < -0.3 is 24.3 Å². The Bertz CT molecular complexity index is 1010. The Labute approximate surface area is 181 Å². The summed E-state index contributed by atoms with van der Waals surface area (Å²) in [5.74, 6) is 1.07. The first-order valence-corrected chi connectivity index (χ1v) is 10.9. The number of nitrogens with zero attached hydrogens (tertiary/aromatic N) is 4. The molecule has 2 aliphatic heterocycles. The first kappa shape index (κ1) is 19.8. The van der Waals surface area contributed by atoms with E-state index in [1.807, 2.05) is 36.5 Å². The van der Waals surface area contributed by atoms with Gasteiger partial charge in [0.1, 0.15) is 11.3 Å². The lowest BCUT2D eigenvalue weighted by molar-refractivity contribution is -0.125. The molecule has 8 heteroatoms. The van der Waals surface area contributed by atoms with Crippen molar-refractivity contribution < 1.29 is 13.9 Å². The van der Waals surface area contributed by atoms with E-state index in [0.29, 0.717) is 12.6 Å². The second-order valence-corrected chi connectivity index (χ2v) is 8.06. The van der Waals surface area contributed by atoms with Gasteiger partial charge in [-0.25, -0.2) is 4.98 Å². The second kappa shape index (κ2) is 8.93. The van der Waals surface area contributed by atoms with Crippen molar-refractivity contribution >= 4 is 28.8 Å². The summed E-state index contributed by atoms with van der Waals surface area (Å²) in [5.41, 5.74) is 2.73. The van der Waals surface area contributed by atoms with Gasteiger partial charge in [0, 0.05) is 44.8 Å². The Kier molecular flexibility index (Phi) is 5.71. The average Bonchev–Trinajstić information content (AvgIpc) is 3.28. The summed E-state index contributed by atoms with van der Waals surface area (Å²) in [6, 6.07) is 12.4. The van der Waals surface area contributed by atoms with Gasteiger partial charge in [-0.2, -0.15) is 4.98 Å². The summed E-state index contributed by atoms with van der Waals surface area (Å²) in [6.45, 7) is 5.20. The van der Waals surface area contributed by atoms with Gasteiger partial charge in [-0.05, 0) is 42.7 Å². The average molecular weight is 422 g/mol. The van der Waals surface area contributed by atoms with Gasteiger partial charge >= 0.3 is 0 Å². The normalized spacial score (nSPS) is 17.8. The van der Waals surface area contributed by atoms with Crippen molar-refractivity contribution in [1.29, 1.82) is 0 Å². The highest BCUT2D eigenvalue weighted by atomic mass is 16.5. The lowest BCUT2D eigenvalue weighted by atomic mass is 9.96. The Morgan fingerprint density at radius 1 is 1.06 bits per heavy atom. The van der Waals surface area contributed by atoms with E-state index in [1.165, 1.54) is 0 Å². The van der Waals surface area contributed by atoms with Crippen LogP contribution in [0.1, 0.15) is 18.4 Å². The topological polar surface area (TPSA) is 83.7 Å². The van der Waals surface area contributed by atoms with Crippen LogP contribution in [0.2, 0.25) is 0 Å². The number of anilines is 2. The van der Waals surface area contributed by atoms with E-state index in [2.05, 4.69) is 31.2 Å². The molecule has 2 fully saturated rings. The summed E-state index contributed by atoms with van der Waals surface area (Å²) < 4.78 is 11.3. The van der Waals surface area contributed by atoms with Gasteiger partial charge in [0.15, 0.2) is 5.58 Å². The Morgan fingerprint density at radius 3 is 2.68 bits per heavy atom. The molecular formula is C23H27N5O3. The van der Waals surface area contributed by atoms with E-state index in [9.17, 15) is 4.79 Å². The monoisotopic (exact) mass is 421 g/mol. The lowest BCUT2D eigenvalue weighted by Gasteiger charge is -2.30. The number of aromatic nitrogens is 2. The van der Waals surface area contributed by atoms with E-state index in [1.54, 1.807) is 0 Å². The highest BCUT2D eigenvalue weighted by molar-refractivity contribution is 5.79. The smallest absolute Gasteiger partial charge is 0.298 e. The number of hydrogen-bond acceptors (Lipinski definition) is 7. The van der Waals surface area contributed by atoms with Crippen LogP contribution in [-0.4, -0.2) is 55.3 Å². The summed E-state index contributed by atoms with van der Waals surface area (Å²) in [5, 5.41) is 3.11. The molecule has 31 heavy (non-hydrogen) atoms. The number of morpholine rings is 1. The minimum absolute atomic E-state index is 0.0150. The van der Waals surface area contributed by atoms with Crippen molar-refractivity contribution in [1.82, 2.24) is 15.3 Å². The Balaban J connectivity index is 1.13. The number of hydrogen-bond donors (Lipinski definition) is 1. The van der Waals surface area contributed by atoms with Crippen LogP contribution in [-0.2, 0) is 16.1 Å². The molecule has 0 aliphatic carbocycles. The fourth-order valence-electron chi connectivity index (χ4n) is 4.20. The molecule has 0 atom stereocenters. The van der Waals surface area contributed by atoms with E-state index >= 15 is 0 Å². The van der Waals surface area contributed by atoms with Crippen LogP contribution in [0.15, 0.2) is 47.0 Å².